The summed E-state index contributed by atoms with van der Waals surface area (Å²) in [6.45, 7) is 0. The van der Waals surface area contributed by atoms with Crippen molar-refractivity contribution < 1.29 is 0 Å². The van der Waals surface area contributed by atoms with Gasteiger partial charge in [-0.25, -0.2) is 0 Å². The van der Waals surface area contributed by atoms with Gasteiger partial charge in [0.05, 0.1) is 0 Å². The Morgan fingerprint density at radius 3 is 1.15 bits per heavy atom. The largest absolute Gasteiger partial charge is 0.196 e. The van der Waals surface area contributed by atoms with Crippen LogP contribution in [0.5, 0.6) is 0 Å². The first kappa shape index (κ1) is 17.2. The minimum atomic E-state index is 0.472. The summed E-state index contributed by atoms with van der Waals surface area (Å²) in [5.74, 6) is 0.944. The smallest absolute Gasteiger partial charge is 0.126 e. The first-order valence-electron chi connectivity index (χ1n) is 8.27. The maximum atomic E-state index is 4.04. The van der Waals surface area contributed by atoms with E-state index < -0.39 is 0 Å². The van der Waals surface area contributed by atoms with E-state index in [-0.39, 0.29) is 0 Å². The van der Waals surface area contributed by atoms with Crippen molar-refractivity contribution in [3.63, 3.8) is 0 Å². The van der Waals surface area contributed by atoms with Crippen LogP contribution in [0.2, 0.25) is 0 Å². The molecule has 0 atom stereocenters. The average Bonchev–Trinajstić information content (AvgIpc) is 2.71. The molecule has 126 valence electrons. The lowest BCUT2D eigenvalue weighted by Gasteiger charge is -1.91. The zero-order valence-electron chi connectivity index (χ0n) is 14.2. The molecule has 1 aromatic heterocycles. The molecule has 26 heavy (non-hydrogen) atoms. The molecule has 0 saturated heterocycles. The number of allylic oxidation sites excluding steroid dienone is 4. The van der Waals surface area contributed by atoms with E-state index in [4.69, 9.17) is 0 Å². The second kappa shape index (κ2) is 9.59. The SMILES string of the molecule is C(/C=C/c1nnc(/C=C/C=C/c2ccccc2)nn1)=C\c1ccccc1. The molecule has 0 aliphatic carbocycles. The first-order chi connectivity index (χ1) is 12.9. The second-order valence-electron chi connectivity index (χ2n) is 5.37. The van der Waals surface area contributed by atoms with Crippen LogP contribution in [0.3, 0.4) is 0 Å². The Kier molecular flexibility index (Phi) is 6.33. The molecule has 0 aliphatic rings. The third-order valence-corrected chi connectivity index (χ3v) is 3.40. The molecule has 0 spiro atoms. The fourth-order valence-corrected chi connectivity index (χ4v) is 2.12. The summed E-state index contributed by atoms with van der Waals surface area (Å²) < 4.78 is 0. The molecule has 1 heterocycles. The van der Waals surface area contributed by atoms with Crippen molar-refractivity contribution in [2.45, 2.75) is 0 Å². The summed E-state index contributed by atoms with van der Waals surface area (Å²) in [6, 6.07) is 20.1. The molecule has 2 aromatic carbocycles. The lowest BCUT2D eigenvalue weighted by atomic mass is 10.2. The summed E-state index contributed by atoms with van der Waals surface area (Å²) in [7, 11) is 0. The van der Waals surface area contributed by atoms with Gasteiger partial charge in [0.15, 0.2) is 11.6 Å². The molecule has 0 aliphatic heterocycles. The van der Waals surface area contributed by atoms with Gasteiger partial charge < -0.3 is 0 Å². The number of hydrogen-bond acceptors (Lipinski definition) is 4. The molecule has 0 N–H and O–H groups in total. The highest BCUT2D eigenvalue weighted by atomic mass is 15.3. The molecule has 4 heteroatoms. The fourth-order valence-electron chi connectivity index (χ4n) is 2.12. The fraction of sp³-hybridized carbons (Fsp3) is 0. The van der Waals surface area contributed by atoms with Crippen LogP contribution in [0.15, 0.2) is 85.0 Å². The molecular weight excluding hydrogens is 320 g/mol. The van der Waals surface area contributed by atoms with E-state index >= 15 is 0 Å². The maximum Gasteiger partial charge on any atom is 0.196 e. The zero-order valence-corrected chi connectivity index (χ0v) is 14.2. The standard InChI is InChI=1S/C22H18N4/c1-3-11-19(12-4-1)15-7-9-17-21-23-25-22(26-24-21)18-10-8-16-20-13-5-2-6-14-20/h1-18H/b15-7+,16-8+,17-9+,18-10+. The minimum Gasteiger partial charge on any atom is -0.126 e. The van der Waals surface area contributed by atoms with Crippen molar-refractivity contribution >= 4 is 24.3 Å². The van der Waals surface area contributed by atoms with E-state index in [0.29, 0.717) is 11.6 Å². The molecule has 0 amide bonds. The second-order valence-corrected chi connectivity index (χ2v) is 5.37. The van der Waals surface area contributed by atoms with Crippen LogP contribution in [0.1, 0.15) is 22.8 Å². The Morgan fingerprint density at radius 2 is 0.769 bits per heavy atom. The van der Waals surface area contributed by atoms with Gasteiger partial charge in [0.1, 0.15) is 0 Å². The van der Waals surface area contributed by atoms with Crippen LogP contribution < -0.4 is 0 Å². The molecule has 0 fully saturated rings. The maximum absolute atomic E-state index is 4.04. The van der Waals surface area contributed by atoms with Gasteiger partial charge in [0.25, 0.3) is 0 Å². The van der Waals surface area contributed by atoms with E-state index in [0.717, 1.165) is 11.1 Å². The van der Waals surface area contributed by atoms with Gasteiger partial charge in [-0.3, -0.25) is 0 Å². The zero-order chi connectivity index (χ0) is 17.9. The highest BCUT2D eigenvalue weighted by Gasteiger charge is 1.93. The number of benzene rings is 2. The summed E-state index contributed by atoms with van der Waals surface area (Å²) in [4.78, 5) is 0. The van der Waals surface area contributed by atoms with Crippen LogP contribution in [-0.4, -0.2) is 20.4 Å². The Bertz CT molecular complexity index is 831. The van der Waals surface area contributed by atoms with Crippen LogP contribution in [0.4, 0.5) is 0 Å². The number of hydrogen-bond donors (Lipinski definition) is 0. The van der Waals surface area contributed by atoms with Crippen molar-refractivity contribution in [2.24, 2.45) is 0 Å². The Labute approximate surface area is 153 Å². The molecule has 0 saturated carbocycles. The predicted molar refractivity (Wildman–Crippen MR) is 107 cm³/mol. The highest BCUT2D eigenvalue weighted by molar-refractivity contribution is 5.55. The van der Waals surface area contributed by atoms with Gasteiger partial charge in [-0.1, -0.05) is 97.1 Å². The Balaban J connectivity index is 1.53. The van der Waals surface area contributed by atoms with Crippen molar-refractivity contribution in [3.05, 3.63) is 108 Å². The molecule has 0 unspecified atom stereocenters. The van der Waals surface area contributed by atoms with Crippen LogP contribution >= 0.6 is 0 Å². The van der Waals surface area contributed by atoms with Crippen molar-refractivity contribution in [3.8, 4) is 0 Å². The lowest BCUT2D eigenvalue weighted by molar-refractivity contribution is 0.826. The number of aromatic nitrogens is 4. The molecule has 4 nitrogen and oxygen atoms in total. The highest BCUT2D eigenvalue weighted by Crippen LogP contribution is 2.03. The van der Waals surface area contributed by atoms with E-state index in [9.17, 15) is 0 Å². The quantitative estimate of drug-likeness (QED) is 0.610. The monoisotopic (exact) mass is 338 g/mol. The summed E-state index contributed by atoms with van der Waals surface area (Å²) in [6.07, 6.45) is 15.1. The number of rotatable bonds is 6. The number of nitrogens with zero attached hydrogens (tertiary/aromatic N) is 4. The third kappa shape index (κ3) is 5.76. The topological polar surface area (TPSA) is 51.6 Å². The van der Waals surface area contributed by atoms with E-state index in [1.807, 2.05) is 97.1 Å². The molecule has 0 bridgehead atoms. The van der Waals surface area contributed by atoms with Crippen LogP contribution in [0, 0.1) is 0 Å². The van der Waals surface area contributed by atoms with Crippen molar-refractivity contribution in [1.82, 2.24) is 20.4 Å². The van der Waals surface area contributed by atoms with Gasteiger partial charge in [-0.05, 0) is 23.3 Å². The Hall–Kier alpha value is -3.66. The van der Waals surface area contributed by atoms with E-state index in [2.05, 4.69) is 20.4 Å². The van der Waals surface area contributed by atoms with E-state index in [1.165, 1.54) is 0 Å². The molecular formula is C22H18N4. The van der Waals surface area contributed by atoms with Gasteiger partial charge in [0, 0.05) is 0 Å². The third-order valence-electron chi connectivity index (χ3n) is 3.40. The van der Waals surface area contributed by atoms with Crippen molar-refractivity contribution in [1.29, 1.82) is 0 Å². The average molecular weight is 338 g/mol. The van der Waals surface area contributed by atoms with Crippen LogP contribution in [0.25, 0.3) is 24.3 Å². The normalized spacial score (nSPS) is 12.0. The van der Waals surface area contributed by atoms with Gasteiger partial charge >= 0.3 is 0 Å². The van der Waals surface area contributed by atoms with Gasteiger partial charge in [-0.2, -0.15) is 0 Å². The first-order valence-corrected chi connectivity index (χ1v) is 8.27. The Morgan fingerprint density at radius 1 is 0.423 bits per heavy atom. The minimum absolute atomic E-state index is 0.472. The predicted octanol–water partition coefficient (Wildman–Crippen LogP) is 4.72. The lowest BCUT2D eigenvalue weighted by Crippen LogP contribution is -1.98. The van der Waals surface area contributed by atoms with Gasteiger partial charge in [0.2, 0.25) is 0 Å². The van der Waals surface area contributed by atoms with Gasteiger partial charge in [-0.15, -0.1) is 20.4 Å². The summed E-state index contributed by atoms with van der Waals surface area (Å²) in [5, 5.41) is 16.2. The van der Waals surface area contributed by atoms with E-state index in [1.54, 1.807) is 12.2 Å². The van der Waals surface area contributed by atoms with Crippen molar-refractivity contribution in [2.75, 3.05) is 0 Å². The molecule has 3 aromatic rings. The summed E-state index contributed by atoms with van der Waals surface area (Å²) >= 11 is 0. The summed E-state index contributed by atoms with van der Waals surface area (Å²) in [5.41, 5.74) is 2.27. The van der Waals surface area contributed by atoms with Crippen LogP contribution in [-0.2, 0) is 0 Å². The molecule has 3 rings (SSSR count). The molecule has 0 radical (unpaired) electrons.